The lowest BCUT2D eigenvalue weighted by molar-refractivity contribution is -0.161. The lowest BCUT2D eigenvalue weighted by Crippen LogP contribution is -2.30. The van der Waals surface area contributed by atoms with Crippen molar-refractivity contribution >= 4 is 25.7 Å². The third-order valence-corrected chi connectivity index (χ3v) is 12.5. The Balaban J connectivity index is 4.85. The number of rotatable bonds is 51. The predicted molar refractivity (Wildman–Crippen MR) is 297 cm³/mol. The van der Waals surface area contributed by atoms with Crippen LogP contribution in [0.2, 0.25) is 0 Å². The van der Waals surface area contributed by atoms with E-state index in [2.05, 4.69) is 106 Å². The first kappa shape index (κ1) is 68.4. The summed E-state index contributed by atoms with van der Waals surface area (Å²) in [6.07, 6.45) is 62.4. The van der Waals surface area contributed by atoms with E-state index in [9.17, 15) is 28.9 Å². The van der Waals surface area contributed by atoms with Gasteiger partial charge in [0.05, 0.1) is 19.8 Å². The molecule has 412 valence electrons. The van der Waals surface area contributed by atoms with Gasteiger partial charge in [-0.2, -0.15) is 0 Å². The van der Waals surface area contributed by atoms with Crippen molar-refractivity contribution in [3.63, 3.8) is 0 Å². The summed E-state index contributed by atoms with van der Waals surface area (Å²) in [6.45, 7) is 4.32. The zero-order valence-corrected chi connectivity index (χ0v) is 46.3. The van der Waals surface area contributed by atoms with Crippen molar-refractivity contribution in [1.29, 1.82) is 0 Å². The van der Waals surface area contributed by atoms with E-state index in [4.69, 9.17) is 23.3 Å². The highest BCUT2D eigenvalue weighted by atomic mass is 31.2. The summed E-state index contributed by atoms with van der Waals surface area (Å²) in [5.41, 5.74) is 0. The van der Waals surface area contributed by atoms with Crippen LogP contribution in [0.4, 0.5) is 0 Å². The number of carbonyl (C=O) groups is 3. The molecule has 3 unspecified atom stereocenters. The largest absolute Gasteiger partial charge is 0.472 e. The summed E-state index contributed by atoms with van der Waals surface area (Å²) in [5, 5.41) is 9.79. The number of hydrogen-bond acceptors (Lipinski definition) is 10. The molecule has 0 aromatic rings. The van der Waals surface area contributed by atoms with Crippen molar-refractivity contribution in [1.82, 2.24) is 0 Å². The fourth-order valence-electron chi connectivity index (χ4n) is 7.29. The molecule has 0 radical (unpaired) electrons. The van der Waals surface area contributed by atoms with E-state index in [1.165, 1.54) is 70.6 Å². The highest BCUT2D eigenvalue weighted by Gasteiger charge is 2.28. The summed E-state index contributed by atoms with van der Waals surface area (Å²) in [4.78, 5) is 48.4. The van der Waals surface area contributed by atoms with Crippen LogP contribution >= 0.6 is 7.82 Å². The van der Waals surface area contributed by atoms with E-state index in [1.54, 1.807) is 0 Å². The average molecular weight is 1030 g/mol. The van der Waals surface area contributed by atoms with E-state index in [1.807, 2.05) is 12.2 Å². The lowest BCUT2D eigenvalue weighted by atomic mass is 10.0. The summed E-state index contributed by atoms with van der Waals surface area (Å²) >= 11 is 0. The molecule has 2 N–H and O–H groups in total. The Kier molecular flexibility index (Phi) is 51.0. The molecule has 0 saturated carbocycles. The fourth-order valence-corrected chi connectivity index (χ4v) is 8.07. The molecule has 0 bridgehead atoms. The first-order valence-electron chi connectivity index (χ1n) is 28.1. The number of phosphoric ester groups is 1. The maximum Gasteiger partial charge on any atom is 0.472 e. The van der Waals surface area contributed by atoms with Crippen LogP contribution in [0.5, 0.6) is 0 Å². The number of unbranched alkanes of at least 4 members (excludes halogenated alkanes) is 18. The van der Waals surface area contributed by atoms with Crippen LogP contribution in [-0.4, -0.2) is 66.5 Å². The van der Waals surface area contributed by atoms with Gasteiger partial charge in [-0.3, -0.25) is 23.4 Å². The van der Waals surface area contributed by atoms with Crippen LogP contribution in [0.1, 0.15) is 226 Å². The molecular formula is C60H101O11P. The molecule has 0 aromatic carbocycles. The molecule has 0 heterocycles. The molecule has 0 aliphatic heterocycles. The molecule has 72 heavy (non-hydrogen) atoms. The van der Waals surface area contributed by atoms with Gasteiger partial charge in [-0.1, -0.05) is 214 Å². The van der Waals surface area contributed by atoms with Crippen LogP contribution in [0.3, 0.4) is 0 Å². The first-order chi connectivity index (χ1) is 35.2. The summed E-state index contributed by atoms with van der Waals surface area (Å²) < 4.78 is 39.4. The average Bonchev–Trinajstić information content (AvgIpc) is 3.37. The molecule has 0 aliphatic carbocycles. The smallest absolute Gasteiger partial charge is 0.462 e. The number of allylic oxidation sites excluding steroid dienone is 16. The van der Waals surface area contributed by atoms with Crippen molar-refractivity contribution in [2.75, 3.05) is 26.4 Å². The Morgan fingerprint density at radius 3 is 1.17 bits per heavy atom. The molecule has 0 amide bonds. The third-order valence-electron chi connectivity index (χ3n) is 11.5. The standard InChI is InChI=1S/C60H101O11P/c1-4-7-10-13-16-19-22-25-27-28-30-33-36-39-42-45-48-51-60(64)71-57(53-67-58(62)49-46-43-40-37-34-32-29-26-23-20-17-14-11-8-5-2)55-69-72(65,66)68-54-56(52-61)70-59(63)50-47-44-41-38-35-31-24-21-18-15-12-9-6-3/h7,9-10,12,16,18-19,21,25,27,30-31,33,35,39,42,56-57,61H,4-6,8,11,13-15,17,20,22-24,26,28-29,32,34,36-38,40-41,43-55H2,1-3H3,(H,65,66)/b10-7-,12-9-,19-16-,21-18-,27-25-,33-30-,35-31-,42-39-. The lowest BCUT2D eigenvalue weighted by Gasteiger charge is -2.21. The van der Waals surface area contributed by atoms with Gasteiger partial charge in [-0.15, -0.1) is 0 Å². The highest BCUT2D eigenvalue weighted by molar-refractivity contribution is 7.47. The van der Waals surface area contributed by atoms with Gasteiger partial charge >= 0.3 is 25.7 Å². The van der Waals surface area contributed by atoms with Gasteiger partial charge in [-0.05, 0) is 89.9 Å². The van der Waals surface area contributed by atoms with E-state index in [0.717, 1.165) is 89.9 Å². The van der Waals surface area contributed by atoms with E-state index >= 15 is 0 Å². The van der Waals surface area contributed by atoms with Crippen LogP contribution in [0, 0.1) is 0 Å². The molecular weight excluding hydrogens is 928 g/mol. The molecule has 0 rings (SSSR count). The second kappa shape index (κ2) is 53.7. The molecule has 3 atom stereocenters. The van der Waals surface area contributed by atoms with E-state index in [-0.39, 0.29) is 25.9 Å². The summed E-state index contributed by atoms with van der Waals surface area (Å²) in [7, 11) is -4.77. The maximum absolute atomic E-state index is 12.9. The Hall–Kier alpha value is -3.60. The van der Waals surface area contributed by atoms with Crippen LogP contribution in [-0.2, 0) is 42.2 Å². The second-order valence-electron chi connectivity index (χ2n) is 18.3. The van der Waals surface area contributed by atoms with Crippen LogP contribution in [0.15, 0.2) is 97.2 Å². The minimum Gasteiger partial charge on any atom is -0.462 e. The first-order valence-corrected chi connectivity index (χ1v) is 29.6. The summed E-state index contributed by atoms with van der Waals surface area (Å²) in [5.74, 6) is -1.57. The molecule has 11 nitrogen and oxygen atoms in total. The number of carbonyl (C=O) groups excluding carboxylic acids is 3. The topological polar surface area (TPSA) is 155 Å². The predicted octanol–water partition coefficient (Wildman–Crippen LogP) is 16.5. The van der Waals surface area contributed by atoms with Crippen LogP contribution < -0.4 is 0 Å². The minimum absolute atomic E-state index is 0.0845. The fraction of sp³-hybridized carbons (Fsp3) is 0.683. The van der Waals surface area contributed by atoms with Gasteiger partial charge in [0, 0.05) is 19.3 Å². The molecule has 0 saturated heterocycles. The molecule has 0 fully saturated rings. The van der Waals surface area contributed by atoms with Gasteiger partial charge < -0.3 is 24.2 Å². The van der Waals surface area contributed by atoms with Gasteiger partial charge in [0.25, 0.3) is 0 Å². The Morgan fingerprint density at radius 1 is 0.403 bits per heavy atom. The van der Waals surface area contributed by atoms with Crippen molar-refractivity contribution in [2.24, 2.45) is 0 Å². The van der Waals surface area contributed by atoms with Crippen LogP contribution in [0.25, 0.3) is 0 Å². The third kappa shape index (κ3) is 51.3. The van der Waals surface area contributed by atoms with Gasteiger partial charge in [-0.25, -0.2) is 4.57 Å². The number of aliphatic hydroxyl groups is 1. The zero-order chi connectivity index (χ0) is 52.7. The van der Waals surface area contributed by atoms with E-state index < -0.39 is 57.8 Å². The quantitative estimate of drug-likeness (QED) is 0.0197. The number of aliphatic hydroxyl groups excluding tert-OH is 1. The van der Waals surface area contributed by atoms with Crippen molar-refractivity contribution in [2.45, 2.75) is 238 Å². The van der Waals surface area contributed by atoms with Gasteiger partial charge in [0.15, 0.2) is 6.10 Å². The van der Waals surface area contributed by atoms with Crippen molar-refractivity contribution in [3.8, 4) is 0 Å². The number of hydrogen-bond donors (Lipinski definition) is 2. The highest BCUT2D eigenvalue weighted by Crippen LogP contribution is 2.43. The molecule has 0 aliphatic rings. The van der Waals surface area contributed by atoms with Gasteiger partial charge in [0.2, 0.25) is 0 Å². The number of phosphoric acid groups is 1. The van der Waals surface area contributed by atoms with Crippen molar-refractivity contribution < 1.29 is 52.2 Å². The molecule has 12 heteroatoms. The number of ether oxygens (including phenoxy) is 3. The van der Waals surface area contributed by atoms with Gasteiger partial charge in [0.1, 0.15) is 12.7 Å². The van der Waals surface area contributed by atoms with Crippen molar-refractivity contribution in [3.05, 3.63) is 97.2 Å². The number of esters is 3. The monoisotopic (exact) mass is 1030 g/mol. The second-order valence-corrected chi connectivity index (χ2v) is 19.8. The minimum atomic E-state index is -4.77. The summed E-state index contributed by atoms with van der Waals surface area (Å²) in [6, 6.07) is 0. The Labute approximate surface area is 438 Å². The van der Waals surface area contributed by atoms with E-state index in [0.29, 0.717) is 25.7 Å². The Bertz CT molecular complexity index is 1580. The molecule has 0 aromatic heterocycles. The zero-order valence-electron chi connectivity index (χ0n) is 45.4. The Morgan fingerprint density at radius 2 is 0.736 bits per heavy atom. The maximum atomic E-state index is 12.9. The SMILES string of the molecule is CC/C=C\C/C=C\C/C=C\C/C=C\C/C=C\CCCC(=O)OC(COC(=O)CCCCCCCCCCCCCCCCC)COP(=O)(O)OCC(CO)OC(=O)CCCCC/C=C\C/C=C\C/C=C\CC. The molecule has 0 spiro atoms. The normalized spacial score (nSPS) is 14.1.